The van der Waals surface area contributed by atoms with Crippen molar-refractivity contribution in [3.63, 3.8) is 0 Å². The topological polar surface area (TPSA) is 112 Å². The third kappa shape index (κ3) is 4.18. The van der Waals surface area contributed by atoms with Gasteiger partial charge in [-0.3, -0.25) is 9.36 Å². The van der Waals surface area contributed by atoms with Crippen molar-refractivity contribution in [3.8, 4) is 34.6 Å². The number of ether oxygens (including phenoxy) is 1. The zero-order valence-corrected chi connectivity index (χ0v) is 18.4. The van der Waals surface area contributed by atoms with Crippen LogP contribution in [0.4, 0.5) is 4.39 Å². The molecule has 0 aliphatic rings. The van der Waals surface area contributed by atoms with Crippen molar-refractivity contribution in [3.05, 3.63) is 93.9 Å². The summed E-state index contributed by atoms with van der Waals surface area (Å²) >= 11 is 6.47. The van der Waals surface area contributed by atoms with E-state index in [1.165, 1.54) is 24.4 Å². The Labute approximate surface area is 196 Å². The van der Waals surface area contributed by atoms with Gasteiger partial charge in [-0.15, -0.1) is 15.3 Å². The summed E-state index contributed by atoms with van der Waals surface area (Å²) in [5.74, 6) is 0.626. The Morgan fingerprint density at radius 1 is 1.03 bits per heavy atom. The molecule has 11 heteroatoms. The van der Waals surface area contributed by atoms with E-state index in [4.69, 9.17) is 20.8 Å². The predicted octanol–water partition coefficient (Wildman–Crippen LogP) is 4.61. The molecule has 0 radical (unpaired) electrons. The number of aromatic nitrogens is 6. The van der Waals surface area contributed by atoms with Crippen molar-refractivity contribution in [1.82, 2.24) is 29.9 Å². The van der Waals surface area contributed by atoms with Crippen molar-refractivity contribution in [1.29, 1.82) is 0 Å². The van der Waals surface area contributed by atoms with Crippen LogP contribution in [0.15, 0.2) is 76.1 Å². The molecule has 1 unspecified atom stereocenters. The lowest BCUT2D eigenvalue weighted by Crippen LogP contribution is -2.12. The number of hydrogen-bond donors (Lipinski definition) is 1. The van der Waals surface area contributed by atoms with Crippen LogP contribution in [-0.4, -0.2) is 29.9 Å². The van der Waals surface area contributed by atoms with Crippen LogP contribution >= 0.6 is 11.6 Å². The number of rotatable bonds is 6. The van der Waals surface area contributed by atoms with Gasteiger partial charge in [-0.25, -0.2) is 4.39 Å². The lowest BCUT2D eigenvalue weighted by Gasteiger charge is -2.15. The number of H-pyrrole nitrogens is 1. The minimum absolute atomic E-state index is 0.111. The molecule has 0 aliphatic heterocycles. The molecule has 3 heterocycles. The molecule has 0 saturated heterocycles. The van der Waals surface area contributed by atoms with Crippen LogP contribution < -0.4 is 10.3 Å². The molecule has 0 aliphatic carbocycles. The van der Waals surface area contributed by atoms with Gasteiger partial charge in [0.15, 0.2) is 17.8 Å². The fraction of sp³-hybridized carbons (Fsp3) is 0.0870. The number of aromatic amines is 1. The molecule has 1 N–H and O–H groups in total. The van der Waals surface area contributed by atoms with Crippen LogP contribution in [0.3, 0.4) is 0 Å². The fourth-order valence-corrected chi connectivity index (χ4v) is 3.59. The zero-order chi connectivity index (χ0) is 23.7. The highest BCUT2D eigenvalue weighted by molar-refractivity contribution is 6.32. The maximum atomic E-state index is 13.5. The van der Waals surface area contributed by atoms with Gasteiger partial charge >= 0.3 is 6.08 Å². The smallest absolute Gasteiger partial charge is 0.415 e. The standard InChI is InChI=1S/C23H16ClFN6O3/c1-13(33-23-30-29-22(34-23)15-10-11-26-19(32)12-15)20-27-28-21(14-6-8-16(25)9-7-14)31(20)18-5-3-2-4-17(18)24/h2-13H,1H3,(H,26,32). The normalized spacial score (nSPS) is 12.0. The number of hydrogen-bond acceptors (Lipinski definition) is 7. The van der Waals surface area contributed by atoms with Crippen molar-refractivity contribution in [2.45, 2.75) is 13.0 Å². The number of para-hydroxylation sites is 1. The summed E-state index contributed by atoms with van der Waals surface area (Å²) in [6.07, 6.45) is 0.680. The number of pyridine rings is 1. The zero-order valence-electron chi connectivity index (χ0n) is 17.6. The maximum absolute atomic E-state index is 13.5. The summed E-state index contributed by atoms with van der Waals surface area (Å²) < 4.78 is 26.6. The van der Waals surface area contributed by atoms with Gasteiger partial charge in [-0.05, 0) is 49.4 Å². The van der Waals surface area contributed by atoms with E-state index in [0.29, 0.717) is 33.5 Å². The first-order chi connectivity index (χ1) is 16.5. The van der Waals surface area contributed by atoms with Gasteiger partial charge in [0, 0.05) is 23.4 Å². The Kier molecular flexibility index (Phi) is 5.64. The molecule has 170 valence electrons. The summed E-state index contributed by atoms with van der Waals surface area (Å²) in [5, 5.41) is 16.9. The van der Waals surface area contributed by atoms with Crippen molar-refractivity contribution in [2.75, 3.05) is 0 Å². The average molecular weight is 479 g/mol. The average Bonchev–Trinajstić information content (AvgIpc) is 3.47. The van der Waals surface area contributed by atoms with Gasteiger partial charge in [-0.2, -0.15) is 0 Å². The van der Waals surface area contributed by atoms with E-state index < -0.39 is 6.10 Å². The van der Waals surface area contributed by atoms with E-state index in [1.54, 1.807) is 35.8 Å². The monoisotopic (exact) mass is 478 g/mol. The molecule has 0 fully saturated rings. The van der Waals surface area contributed by atoms with Gasteiger partial charge < -0.3 is 14.1 Å². The molecule has 5 rings (SSSR count). The minimum Gasteiger partial charge on any atom is -0.438 e. The van der Waals surface area contributed by atoms with Crippen molar-refractivity contribution >= 4 is 11.6 Å². The molecule has 0 bridgehead atoms. The second-order valence-corrected chi connectivity index (χ2v) is 7.66. The van der Waals surface area contributed by atoms with E-state index in [9.17, 15) is 9.18 Å². The van der Waals surface area contributed by atoms with E-state index in [0.717, 1.165) is 0 Å². The molecule has 0 saturated carbocycles. The molecule has 5 aromatic rings. The third-order valence-corrected chi connectivity index (χ3v) is 5.27. The van der Waals surface area contributed by atoms with E-state index >= 15 is 0 Å². The fourth-order valence-electron chi connectivity index (χ4n) is 3.37. The quantitative estimate of drug-likeness (QED) is 0.379. The van der Waals surface area contributed by atoms with Crippen LogP contribution in [-0.2, 0) is 0 Å². The number of nitrogens with zero attached hydrogens (tertiary/aromatic N) is 5. The molecular weight excluding hydrogens is 463 g/mol. The lowest BCUT2D eigenvalue weighted by molar-refractivity contribution is 0.155. The number of nitrogens with one attached hydrogen (secondary N) is 1. The summed E-state index contributed by atoms with van der Waals surface area (Å²) in [7, 11) is 0. The van der Waals surface area contributed by atoms with Crippen LogP contribution in [0.5, 0.6) is 6.08 Å². The van der Waals surface area contributed by atoms with E-state index in [2.05, 4.69) is 25.4 Å². The first-order valence-corrected chi connectivity index (χ1v) is 10.5. The highest BCUT2D eigenvalue weighted by atomic mass is 35.5. The molecule has 2 aromatic carbocycles. The number of benzene rings is 2. The number of halogens is 2. The molecule has 0 amide bonds. The highest BCUT2D eigenvalue weighted by Gasteiger charge is 2.24. The van der Waals surface area contributed by atoms with Gasteiger partial charge in [0.2, 0.25) is 5.56 Å². The Balaban J connectivity index is 1.52. The van der Waals surface area contributed by atoms with Gasteiger partial charge in [0.1, 0.15) is 5.82 Å². The Bertz CT molecular complexity index is 1510. The molecule has 1 atom stereocenters. The molecule has 9 nitrogen and oxygen atoms in total. The molecule has 34 heavy (non-hydrogen) atoms. The van der Waals surface area contributed by atoms with E-state index in [-0.39, 0.29) is 23.3 Å². The first-order valence-electron chi connectivity index (χ1n) is 10.1. The highest BCUT2D eigenvalue weighted by Crippen LogP contribution is 2.31. The Hall–Kier alpha value is -4.31. The van der Waals surface area contributed by atoms with Crippen molar-refractivity contribution in [2.24, 2.45) is 0 Å². The van der Waals surface area contributed by atoms with Gasteiger partial charge in [-0.1, -0.05) is 28.8 Å². The lowest BCUT2D eigenvalue weighted by atomic mass is 10.2. The van der Waals surface area contributed by atoms with Crippen LogP contribution in [0.25, 0.3) is 28.5 Å². The third-order valence-electron chi connectivity index (χ3n) is 4.95. The Morgan fingerprint density at radius 3 is 2.59 bits per heavy atom. The molecular formula is C23H16ClFN6O3. The maximum Gasteiger partial charge on any atom is 0.415 e. The molecule has 0 spiro atoms. The summed E-state index contributed by atoms with van der Waals surface area (Å²) in [6.45, 7) is 1.74. The second kappa shape index (κ2) is 8.91. The SMILES string of the molecule is CC(Oc1nnc(-c2cc[nH]c(=O)c2)o1)c1nnc(-c2ccc(F)cc2)n1-c1ccccc1Cl. The molecule has 3 aromatic heterocycles. The van der Waals surface area contributed by atoms with Crippen LogP contribution in [0.2, 0.25) is 5.02 Å². The predicted molar refractivity (Wildman–Crippen MR) is 121 cm³/mol. The second-order valence-electron chi connectivity index (χ2n) is 7.25. The first kappa shape index (κ1) is 21.5. The van der Waals surface area contributed by atoms with Crippen LogP contribution in [0.1, 0.15) is 18.9 Å². The van der Waals surface area contributed by atoms with Gasteiger partial charge in [0.25, 0.3) is 5.89 Å². The van der Waals surface area contributed by atoms with Gasteiger partial charge in [0.05, 0.1) is 10.7 Å². The summed E-state index contributed by atoms with van der Waals surface area (Å²) in [6, 6.07) is 16.1. The van der Waals surface area contributed by atoms with Crippen molar-refractivity contribution < 1.29 is 13.5 Å². The van der Waals surface area contributed by atoms with Crippen LogP contribution in [0, 0.1) is 5.82 Å². The van der Waals surface area contributed by atoms with E-state index in [1.807, 2.05) is 18.2 Å². The minimum atomic E-state index is -0.689. The summed E-state index contributed by atoms with van der Waals surface area (Å²) in [5.41, 5.74) is 1.42. The Morgan fingerprint density at radius 2 is 1.82 bits per heavy atom. The summed E-state index contributed by atoms with van der Waals surface area (Å²) in [4.78, 5) is 14.1. The largest absolute Gasteiger partial charge is 0.438 e.